The fourth-order valence-corrected chi connectivity index (χ4v) is 3.41. The summed E-state index contributed by atoms with van der Waals surface area (Å²) in [5, 5.41) is 10.4. The zero-order chi connectivity index (χ0) is 13.8. The molecule has 0 unspecified atom stereocenters. The number of methoxy groups -OCH3 is 1. The van der Waals surface area contributed by atoms with Crippen LogP contribution in [0.4, 0.5) is 0 Å². The molecule has 1 aromatic rings. The molecule has 19 heavy (non-hydrogen) atoms. The van der Waals surface area contributed by atoms with Crippen LogP contribution >= 0.6 is 15.9 Å². The van der Waals surface area contributed by atoms with Gasteiger partial charge < -0.3 is 15.6 Å². The first-order chi connectivity index (χ1) is 9.13. The Labute approximate surface area is 123 Å². The third-order valence-electron chi connectivity index (χ3n) is 4.06. The smallest absolute Gasteiger partial charge is 0.133 e. The molecule has 1 aromatic carbocycles. The van der Waals surface area contributed by atoms with Gasteiger partial charge >= 0.3 is 0 Å². The molecule has 3 nitrogen and oxygen atoms in total. The van der Waals surface area contributed by atoms with Gasteiger partial charge in [0.2, 0.25) is 0 Å². The number of halogens is 1. The highest BCUT2D eigenvalue weighted by Gasteiger charge is 2.27. The van der Waals surface area contributed by atoms with E-state index < -0.39 is 6.10 Å². The SMILES string of the molecule is COc1ccc([C@@H](N)[C@@H](O)C2CCCCC2)cc1Br. The van der Waals surface area contributed by atoms with Gasteiger partial charge in [0, 0.05) is 0 Å². The average molecular weight is 328 g/mol. The summed E-state index contributed by atoms with van der Waals surface area (Å²) in [4.78, 5) is 0. The Balaban J connectivity index is 2.09. The molecule has 0 amide bonds. The molecule has 106 valence electrons. The molecule has 4 heteroatoms. The summed E-state index contributed by atoms with van der Waals surface area (Å²) in [7, 11) is 1.64. The molecule has 3 N–H and O–H groups in total. The predicted molar refractivity (Wildman–Crippen MR) is 80.2 cm³/mol. The molecule has 2 rings (SSSR count). The van der Waals surface area contributed by atoms with Crippen molar-refractivity contribution in [2.24, 2.45) is 11.7 Å². The zero-order valence-electron chi connectivity index (χ0n) is 11.3. The van der Waals surface area contributed by atoms with Crippen molar-refractivity contribution in [1.29, 1.82) is 0 Å². The summed E-state index contributed by atoms with van der Waals surface area (Å²) in [6.07, 6.45) is 5.42. The molecule has 0 heterocycles. The highest BCUT2D eigenvalue weighted by Crippen LogP contribution is 2.33. The second-order valence-electron chi connectivity index (χ2n) is 5.31. The van der Waals surface area contributed by atoms with Crippen molar-refractivity contribution in [3.63, 3.8) is 0 Å². The van der Waals surface area contributed by atoms with E-state index in [1.54, 1.807) is 7.11 Å². The van der Waals surface area contributed by atoms with Gasteiger partial charge in [-0.05, 0) is 52.4 Å². The second-order valence-corrected chi connectivity index (χ2v) is 6.16. The third kappa shape index (κ3) is 3.50. The highest BCUT2D eigenvalue weighted by molar-refractivity contribution is 9.10. The molecular formula is C15H22BrNO2. The molecule has 0 spiro atoms. The van der Waals surface area contributed by atoms with Crippen LogP contribution < -0.4 is 10.5 Å². The fraction of sp³-hybridized carbons (Fsp3) is 0.600. The van der Waals surface area contributed by atoms with Crippen LogP contribution in [-0.4, -0.2) is 18.3 Å². The van der Waals surface area contributed by atoms with Crippen LogP contribution in [0, 0.1) is 5.92 Å². The van der Waals surface area contributed by atoms with Gasteiger partial charge in [-0.15, -0.1) is 0 Å². The maximum Gasteiger partial charge on any atom is 0.133 e. The minimum absolute atomic E-state index is 0.328. The molecule has 0 aromatic heterocycles. The largest absolute Gasteiger partial charge is 0.496 e. The first kappa shape index (κ1) is 14.8. The van der Waals surface area contributed by atoms with Crippen molar-refractivity contribution in [2.75, 3.05) is 7.11 Å². The van der Waals surface area contributed by atoms with E-state index >= 15 is 0 Å². The number of nitrogens with two attached hydrogens (primary N) is 1. The first-order valence-electron chi connectivity index (χ1n) is 6.90. The third-order valence-corrected chi connectivity index (χ3v) is 4.68. The van der Waals surface area contributed by atoms with Crippen LogP contribution in [0.5, 0.6) is 5.75 Å². The lowest BCUT2D eigenvalue weighted by molar-refractivity contribution is 0.0618. The van der Waals surface area contributed by atoms with Crippen molar-refractivity contribution in [2.45, 2.75) is 44.2 Å². The van der Waals surface area contributed by atoms with Crippen molar-refractivity contribution in [3.05, 3.63) is 28.2 Å². The molecule has 1 saturated carbocycles. The van der Waals surface area contributed by atoms with Crippen LogP contribution in [0.3, 0.4) is 0 Å². The standard InChI is InChI=1S/C15H22BrNO2/c1-19-13-8-7-11(9-12(13)16)14(17)15(18)10-5-3-2-4-6-10/h7-10,14-15,18H,2-6,17H2,1H3/t14-,15+/m1/s1. The van der Waals surface area contributed by atoms with Crippen molar-refractivity contribution < 1.29 is 9.84 Å². The Morgan fingerprint density at radius 2 is 2.00 bits per heavy atom. The molecule has 0 bridgehead atoms. The van der Waals surface area contributed by atoms with Gasteiger partial charge in [0.05, 0.1) is 23.7 Å². The molecule has 0 aliphatic heterocycles. The molecule has 1 fully saturated rings. The summed E-state index contributed by atoms with van der Waals surface area (Å²) in [5.74, 6) is 1.12. The van der Waals surface area contributed by atoms with Crippen molar-refractivity contribution in [1.82, 2.24) is 0 Å². The Kier molecular flexibility index (Phi) is 5.25. The van der Waals surface area contributed by atoms with Gasteiger partial charge in [-0.1, -0.05) is 25.3 Å². The number of hydrogen-bond donors (Lipinski definition) is 2. The van der Waals surface area contributed by atoms with Crippen LogP contribution in [0.2, 0.25) is 0 Å². The van der Waals surface area contributed by atoms with Gasteiger partial charge in [-0.3, -0.25) is 0 Å². The number of aliphatic hydroxyl groups excluding tert-OH is 1. The minimum Gasteiger partial charge on any atom is -0.496 e. The van der Waals surface area contributed by atoms with E-state index in [2.05, 4.69) is 15.9 Å². The van der Waals surface area contributed by atoms with Crippen LogP contribution in [0.15, 0.2) is 22.7 Å². The van der Waals surface area contributed by atoms with E-state index in [1.807, 2.05) is 18.2 Å². The van der Waals surface area contributed by atoms with Crippen LogP contribution in [-0.2, 0) is 0 Å². The predicted octanol–water partition coefficient (Wildman–Crippen LogP) is 3.40. The van der Waals surface area contributed by atoms with E-state index in [9.17, 15) is 5.11 Å². The Morgan fingerprint density at radius 3 is 2.58 bits per heavy atom. The molecule has 2 atom stereocenters. The molecule has 0 saturated heterocycles. The summed E-state index contributed by atoms with van der Waals surface area (Å²) < 4.78 is 6.08. The number of ether oxygens (including phenoxy) is 1. The minimum atomic E-state index is -0.458. The number of rotatable bonds is 4. The monoisotopic (exact) mass is 327 g/mol. The second kappa shape index (κ2) is 6.73. The van der Waals surface area contributed by atoms with E-state index in [1.165, 1.54) is 19.3 Å². The summed E-state index contributed by atoms with van der Waals surface area (Å²) in [6, 6.07) is 5.42. The lowest BCUT2D eigenvalue weighted by atomic mass is 9.81. The lowest BCUT2D eigenvalue weighted by Gasteiger charge is -2.30. The molecular weight excluding hydrogens is 306 g/mol. The number of aliphatic hydroxyl groups is 1. The molecule has 1 aliphatic carbocycles. The Morgan fingerprint density at radius 1 is 1.32 bits per heavy atom. The number of benzene rings is 1. The quantitative estimate of drug-likeness (QED) is 0.891. The average Bonchev–Trinajstić information content (AvgIpc) is 2.46. The van der Waals surface area contributed by atoms with E-state index in [-0.39, 0.29) is 6.04 Å². The van der Waals surface area contributed by atoms with Gasteiger partial charge in [0.1, 0.15) is 5.75 Å². The normalized spacial score (nSPS) is 20.0. The fourth-order valence-electron chi connectivity index (χ4n) is 2.86. The van der Waals surface area contributed by atoms with E-state index in [4.69, 9.17) is 10.5 Å². The van der Waals surface area contributed by atoms with Crippen LogP contribution in [0.25, 0.3) is 0 Å². The Hall–Kier alpha value is -0.580. The zero-order valence-corrected chi connectivity index (χ0v) is 12.9. The van der Waals surface area contributed by atoms with Gasteiger partial charge in [-0.25, -0.2) is 0 Å². The van der Waals surface area contributed by atoms with E-state index in [0.29, 0.717) is 5.92 Å². The summed E-state index contributed by atoms with van der Waals surface area (Å²) in [6.45, 7) is 0. The van der Waals surface area contributed by atoms with Crippen LogP contribution in [0.1, 0.15) is 43.7 Å². The Bertz CT molecular complexity index is 419. The topological polar surface area (TPSA) is 55.5 Å². The van der Waals surface area contributed by atoms with E-state index in [0.717, 1.165) is 28.6 Å². The highest BCUT2D eigenvalue weighted by atomic mass is 79.9. The first-order valence-corrected chi connectivity index (χ1v) is 7.70. The van der Waals surface area contributed by atoms with Crippen molar-refractivity contribution in [3.8, 4) is 5.75 Å². The molecule has 1 aliphatic rings. The lowest BCUT2D eigenvalue weighted by Crippen LogP contribution is -2.34. The number of hydrogen-bond acceptors (Lipinski definition) is 3. The maximum absolute atomic E-state index is 10.4. The molecule has 0 radical (unpaired) electrons. The summed E-state index contributed by atoms with van der Waals surface area (Å²) in [5.41, 5.74) is 7.17. The maximum atomic E-state index is 10.4. The van der Waals surface area contributed by atoms with Crippen molar-refractivity contribution >= 4 is 15.9 Å². The van der Waals surface area contributed by atoms with Gasteiger partial charge in [0.15, 0.2) is 0 Å². The van der Waals surface area contributed by atoms with Gasteiger partial charge in [0.25, 0.3) is 0 Å². The summed E-state index contributed by atoms with van der Waals surface area (Å²) >= 11 is 3.46. The van der Waals surface area contributed by atoms with Gasteiger partial charge in [-0.2, -0.15) is 0 Å².